The molecule has 5 nitrogen and oxygen atoms in total. The van der Waals surface area contributed by atoms with Crippen LogP contribution >= 0.6 is 11.3 Å². The van der Waals surface area contributed by atoms with Crippen LogP contribution in [0.3, 0.4) is 0 Å². The summed E-state index contributed by atoms with van der Waals surface area (Å²) in [5.41, 5.74) is 1.20. The molecule has 5 rings (SSSR count). The van der Waals surface area contributed by atoms with E-state index in [2.05, 4.69) is 26.2 Å². The second-order valence-electron chi connectivity index (χ2n) is 7.66. The highest BCUT2D eigenvalue weighted by Crippen LogP contribution is 2.45. The van der Waals surface area contributed by atoms with Crippen LogP contribution in [0.5, 0.6) is 5.75 Å². The summed E-state index contributed by atoms with van der Waals surface area (Å²) >= 11 is 1.45. The summed E-state index contributed by atoms with van der Waals surface area (Å²) < 4.78 is 57.8. The van der Waals surface area contributed by atoms with E-state index < -0.39 is 23.7 Å². The number of rotatable bonds is 5. The minimum atomic E-state index is -4.49. The van der Waals surface area contributed by atoms with Gasteiger partial charge in [-0.3, -0.25) is 4.98 Å². The van der Waals surface area contributed by atoms with E-state index in [-0.39, 0.29) is 6.61 Å². The van der Waals surface area contributed by atoms with Crippen LogP contribution in [-0.4, -0.2) is 21.5 Å². The lowest BCUT2D eigenvalue weighted by Crippen LogP contribution is -2.10. The van der Waals surface area contributed by atoms with E-state index in [1.807, 2.05) is 12.1 Å². The van der Waals surface area contributed by atoms with E-state index in [1.54, 1.807) is 0 Å². The van der Waals surface area contributed by atoms with Crippen LogP contribution in [0, 0.1) is 18.3 Å². The van der Waals surface area contributed by atoms with Gasteiger partial charge in [0, 0.05) is 47.3 Å². The van der Waals surface area contributed by atoms with Gasteiger partial charge in [0.25, 0.3) is 0 Å². The van der Waals surface area contributed by atoms with Crippen LogP contribution in [0.15, 0.2) is 42.7 Å². The lowest BCUT2D eigenvalue weighted by Gasteiger charge is -2.18. The topological polar surface area (TPSA) is 59.9 Å². The Labute approximate surface area is 195 Å². The van der Waals surface area contributed by atoms with Crippen LogP contribution in [0.25, 0.3) is 21.2 Å². The van der Waals surface area contributed by atoms with Crippen molar-refractivity contribution in [1.82, 2.24) is 15.0 Å². The summed E-state index contributed by atoms with van der Waals surface area (Å²) in [6.07, 6.45) is 4.24. The average Bonchev–Trinajstić information content (AvgIpc) is 3.24. The van der Waals surface area contributed by atoms with Gasteiger partial charge in [0.2, 0.25) is 5.95 Å². The Bertz CT molecular complexity index is 1410. The molecule has 0 amide bonds. The predicted molar refractivity (Wildman–Crippen MR) is 121 cm³/mol. The van der Waals surface area contributed by atoms with Crippen LogP contribution < -0.4 is 10.1 Å². The average molecular weight is 484 g/mol. The molecule has 1 atom stereocenters. The van der Waals surface area contributed by atoms with Gasteiger partial charge in [-0.1, -0.05) is 29.4 Å². The lowest BCUT2D eigenvalue weighted by molar-refractivity contribution is -0.141. The van der Waals surface area contributed by atoms with Gasteiger partial charge in [0.05, 0.1) is 10.6 Å². The number of pyridine rings is 2. The fourth-order valence-electron chi connectivity index (χ4n) is 3.82. The number of anilines is 1. The molecule has 1 aliphatic rings. The van der Waals surface area contributed by atoms with Crippen molar-refractivity contribution in [2.24, 2.45) is 0 Å². The quantitative estimate of drug-likeness (QED) is 0.213. The fourth-order valence-corrected chi connectivity index (χ4v) is 4.84. The number of benzene rings is 1. The van der Waals surface area contributed by atoms with Crippen LogP contribution in [0.4, 0.5) is 22.7 Å². The Morgan fingerprint density at radius 3 is 2.76 bits per heavy atom. The molecule has 0 aliphatic carbocycles. The first kappa shape index (κ1) is 22.1. The normalized spacial score (nSPS) is 13.5. The zero-order valence-electron chi connectivity index (χ0n) is 17.5. The van der Waals surface area contributed by atoms with Crippen molar-refractivity contribution in [2.75, 3.05) is 11.9 Å². The van der Waals surface area contributed by atoms with Crippen molar-refractivity contribution >= 4 is 27.2 Å². The van der Waals surface area contributed by atoms with Crippen molar-refractivity contribution in [3.8, 4) is 28.5 Å². The molecule has 4 heterocycles. The Balaban J connectivity index is 1.30. The molecule has 1 aliphatic heterocycles. The van der Waals surface area contributed by atoms with E-state index in [4.69, 9.17) is 11.2 Å². The standard InChI is InChI=1S/C24H16F4N4OS/c1-2-13(14-4-6-19(30-10-14)24(26,27)28)7-8-29-23-32-18-12-33-21-16(22(18)34-23)5-3-15-11-31-20(25)9-17(15)21/h1,3-6,9-11,13H,7-8,12H2,(H,29,32). The third kappa shape index (κ3) is 4.15. The predicted octanol–water partition coefficient (Wildman–Crippen LogP) is 6.02. The number of ether oxygens (including phenoxy) is 1. The van der Waals surface area contributed by atoms with E-state index in [1.165, 1.54) is 35.9 Å². The molecule has 0 saturated carbocycles. The molecule has 1 aromatic carbocycles. The zero-order chi connectivity index (χ0) is 23.9. The van der Waals surface area contributed by atoms with Crippen molar-refractivity contribution in [2.45, 2.75) is 25.1 Å². The molecule has 0 radical (unpaired) electrons. The third-order valence-corrected chi connectivity index (χ3v) is 6.59. The van der Waals surface area contributed by atoms with Gasteiger partial charge in [-0.25, -0.2) is 9.97 Å². The molecule has 10 heteroatoms. The van der Waals surface area contributed by atoms with Gasteiger partial charge in [-0.05, 0) is 24.1 Å². The zero-order valence-corrected chi connectivity index (χ0v) is 18.3. The Kier molecular flexibility index (Phi) is 5.57. The van der Waals surface area contributed by atoms with Crippen molar-refractivity contribution in [1.29, 1.82) is 0 Å². The van der Waals surface area contributed by atoms with Crippen LogP contribution in [-0.2, 0) is 12.8 Å². The molecule has 0 spiro atoms. The summed E-state index contributed by atoms with van der Waals surface area (Å²) in [4.78, 5) is 12.7. The van der Waals surface area contributed by atoms with Crippen molar-refractivity contribution in [3.05, 3.63) is 65.6 Å². The summed E-state index contributed by atoms with van der Waals surface area (Å²) in [6, 6.07) is 7.42. The molecule has 34 heavy (non-hydrogen) atoms. The highest BCUT2D eigenvalue weighted by atomic mass is 32.1. The van der Waals surface area contributed by atoms with Crippen molar-refractivity contribution in [3.63, 3.8) is 0 Å². The lowest BCUT2D eigenvalue weighted by atomic mass is 9.98. The molecular formula is C24H16F4N4OS. The van der Waals surface area contributed by atoms with Gasteiger partial charge in [-0.15, -0.1) is 6.42 Å². The van der Waals surface area contributed by atoms with Crippen LogP contribution in [0.2, 0.25) is 0 Å². The van der Waals surface area contributed by atoms with Gasteiger partial charge in [0.15, 0.2) is 5.13 Å². The largest absolute Gasteiger partial charge is 0.486 e. The SMILES string of the molecule is C#CC(CCNc1nc2c(s1)-c1ccc3cnc(F)cc3c1OC2)c1ccc(C(F)(F)F)nc1. The minimum Gasteiger partial charge on any atom is -0.486 e. The van der Waals surface area contributed by atoms with Gasteiger partial charge < -0.3 is 10.1 Å². The Morgan fingerprint density at radius 1 is 1.18 bits per heavy atom. The summed E-state index contributed by atoms with van der Waals surface area (Å²) in [5.74, 6) is 2.24. The fraction of sp³-hybridized carbons (Fsp3) is 0.208. The highest BCUT2D eigenvalue weighted by molar-refractivity contribution is 7.19. The number of aromatic nitrogens is 3. The Hall–Kier alpha value is -3.71. The first-order valence-electron chi connectivity index (χ1n) is 10.3. The number of halogens is 4. The van der Waals surface area contributed by atoms with Crippen molar-refractivity contribution < 1.29 is 22.3 Å². The molecule has 1 unspecified atom stereocenters. The molecule has 0 bridgehead atoms. The number of hydrogen-bond acceptors (Lipinski definition) is 6. The number of nitrogens with one attached hydrogen (secondary N) is 1. The number of alkyl halides is 3. The number of thiazole rings is 1. The summed E-state index contributed by atoms with van der Waals surface area (Å²) in [5, 5.41) is 5.34. The summed E-state index contributed by atoms with van der Waals surface area (Å²) in [6.45, 7) is 0.721. The molecule has 172 valence electrons. The smallest absolute Gasteiger partial charge is 0.433 e. The second-order valence-corrected chi connectivity index (χ2v) is 8.66. The first-order chi connectivity index (χ1) is 16.3. The minimum absolute atomic E-state index is 0.258. The maximum atomic E-state index is 13.7. The number of hydrogen-bond donors (Lipinski definition) is 1. The highest BCUT2D eigenvalue weighted by Gasteiger charge is 2.32. The van der Waals surface area contributed by atoms with Gasteiger partial charge in [-0.2, -0.15) is 17.6 Å². The molecule has 0 saturated heterocycles. The monoisotopic (exact) mass is 484 g/mol. The third-order valence-electron chi connectivity index (χ3n) is 5.51. The Morgan fingerprint density at radius 2 is 2.03 bits per heavy atom. The van der Waals surface area contributed by atoms with Gasteiger partial charge >= 0.3 is 6.18 Å². The van der Waals surface area contributed by atoms with E-state index in [0.29, 0.717) is 34.8 Å². The molecule has 3 aromatic heterocycles. The first-order valence-corrected chi connectivity index (χ1v) is 11.1. The van der Waals surface area contributed by atoms with Crippen LogP contribution in [0.1, 0.15) is 29.3 Å². The maximum Gasteiger partial charge on any atom is 0.433 e. The molecular weight excluding hydrogens is 468 g/mol. The maximum absolute atomic E-state index is 13.7. The molecule has 1 N–H and O–H groups in total. The second kappa shape index (κ2) is 8.57. The van der Waals surface area contributed by atoms with E-state index in [9.17, 15) is 17.6 Å². The van der Waals surface area contributed by atoms with E-state index in [0.717, 1.165) is 27.6 Å². The summed E-state index contributed by atoms with van der Waals surface area (Å²) in [7, 11) is 0. The number of nitrogens with zero attached hydrogens (tertiary/aromatic N) is 3. The number of terminal acetylenes is 1. The molecule has 0 fully saturated rings. The number of fused-ring (bicyclic) bond motifs is 5. The van der Waals surface area contributed by atoms with Gasteiger partial charge in [0.1, 0.15) is 18.1 Å². The molecule has 4 aromatic rings. The van der Waals surface area contributed by atoms with E-state index >= 15 is 0 Å².